The molecule has 222 valence electrons. The van der Waals surface area contributed by atoms with Crippen LogP contribution in [-0.4, -0.2) is 35.4 Å². The number of esters is 1. The maximum absolute atomic E-state index is 11.0. The molecular formula is C34H49ClO5. The number of aliphatic carboxylic acids is 1. The highest BCUT2D eigenvalue weighted by Crippen LogP contribution is 2.22. The normalized spacial score (nSPS) is 18.2. The molecule has 0 saturated heterocycles. The number of methoxy groups -OCH3 is 1. The van der Waals surface area contributed by atoms with E-state index in [1.807, 2.05) is 49.5 Å². The van der Waals surface area contributed by atoms with Gasteiger partial charge in [0.15, 0.2) is 0 Å². The Bertz CT molecular complexity index is 963. The number of aliphatic hydroxyl groups excluding tert-OH is 1. The summed E-state index contributed by atoms with van der Waals surface area (Å²) >= 11 is 6.38. The molecule has 0 amide bonds. The zero-order chi connectivity index (χ0) is 30.2. The second-order valence-corrected chi connectivity index (χ2v) is 10.6. The second kappa shape index (κ2) is 24.0. The van der Waals surface area contributed by atoms with Gasteiger partial charge in [0, 0.05) is 11.1 Å². The molecule has 0 aromatic rings. The number of hydrogen-bond acceptors (Lipinski definition) is 4. The van der Waals surface area contributed by atoms with Gasteiger partial charge in [0.1, 0.15) is 0 Å². The predicted octanol–water partition coefficient (Wildman–Crippen LogP) is 8.65. The monoisotopic (exact) mass is 572 g/mol. The molecule has 0 radical (unpaired) electrons. The molecule has 0 bridgehead atoms. The summed E-state index contributed by atoms with van der Waals surface area (Å²) in [5, 5.41) is 19.4. The topological polar surface area (TPSA) is 83.8 Å². The molecule has 1 aliphatic carbocycles. The average molecular weight is 573 g/mol. The fraction of sp³-hybridized carbons (Fsp3) is 0.471. The number of hydrogen-bond donors (Lipinski definition) is 2. The third-order valence-corrected chi connectivity index (χ3v) is 6.51. The van der Waals surface area contributed by atoms with Crippen molar-refractivity contribution in [3.05, 3.63) is 95.7 Å². The third-order valence-electron chi connectivity index (χ3n) is 6.01. The summed E-state index contributed by atoms with van der Waals surface area (Å²) in [6.07, 6.45) is 32.3. The van der Waals surface area contributed by atoms with E-state index in [1.165, 1.54) is 13.2 Å². The summed E-state index contributed by atoms with van der Waals surface area (Å²) in [7, 11) is 1.35. The van der Waals surface area contributed by atoms with Crippen molar-refractivity contribution >= 4 is 23.5 Å². The van der Waals surface area contributed by atoms with Crippen LogP contribution in [0.4, 0.5) is 0 Å². The van der Waals surface area contributed by atoms with Crippen LogP contribution in [0.25, 0.3) is 0 Å². The molecule has 1 aliphatic rings. The van der Waals surface area contributed by atoms with Gasteiger partial charge in [-0.25, -0.2) is 4.79 Å². The van der Waals surface area contributed by atoms with E-state index in [-0.39, 0.29) is 23.9 Å². The molecule has 2 N–H and O–H groups in total. The maximum atomic E-state index is 11.0. The number of halogens is 1. The van der Waals surface area contributed by atoms with Crippen molar-refractivity contribution in [1.82, 2.24) is 0 Å². The van der Waals surface area contributed by atoms with Crippen LogP contribution in [0.1, 0.15) is 72.6 Å². The van der Waals surface area contributed by atoms with E-state index in [1.54, 1.807) is 18.2 Å². The van der Waals surface area contributed by atoms with Crippen molar-refractivity contribution in [2.24, 2.45) is 17.8 Å². The maximum Gasteiger partial charge on any atom is 0.330 e. The number of allylic oxidation sites excluding steroid dienone is 14. The number of carbonyl (C=O) groups excluding carboxylic acids is 1. The van der Waals surface area contributed by atoms with Gasteiger partial charge in [0.05, 0.1) is 19.1 Å². The Morgan fingerprint density at radius 1 is 1.00 bits per heavy atom. The molecule has 5 nitrogen and oxygen atoms in total. The molecule has 40 heavy (non-hydrogen) atoms. The number of aliphatic hydroxyl groups is 1. The van der Waals surface area contributed by atoms with Gasteiger partial charge < -0.3 is 14.9 Å². The first-order valence-corrected chi connectivity index (χ1v) is 14.5. The summed E-state index contributed by atoms with van der Waals surface area (Å²) in [5.74, 6) is -0.509. The van der Waals surface area contributed by atoms with E-state index < -0.39 is 5.97 Å². The molecule has 0 aromatic carbocycles. The van der Waals surface area contributed by atoms with Gasteiger partial charge >= 0.3 is 11.9 Å². The van der Waals surface area contributed by atoms with E-state index in [9.17, 15) is 14.7 Å². The van der Waals surface area contributed by atoms with Gasteiger partial charge in [0.25, 0.3) is 0 Å². The van der Waals surface area contributed by atoms with E-state index in [2.05, 4.69) is 43.7 Å². The first kappa shape index (κ1) is 37.1. The molecule has 0 saturated carbocycles. The number of carboxylic acids is 1. The van der Waals surface area contributed by atoms with Crippen molar-refractivity contribution in [2.75, 3.05) is 7.11 Å². The van der Waals surface area contributed by atoms with Crippen molar-refractivity contribution in [3.8, 4) is 0 Å². The minimum Gasteiger partial charge on any atom is -0.481 e. The Kier molecular flexibility index (Phi) is 22.2. The molecule has 0 spiro atoms. The Balaban J connectivity index is 0.00000141. The standard InChI is InChI=1S/C27H39ClO3.C7H10O2/c1-22(2)14-8-6-7-9-17-25(29)21-20-24(4)26(28)18-12-10-15-23(3)16-11-13-19-27(30)31-5;8-7(9)6-4-2-1-3-5-6/h6-8,10-16,18-19,22,24-25,29H,9,17,20-21H2,1-5H3;2,4,6H,1,3,5H2,(H,8,9)/b7-6+,12-10+,14-8+,16-11+,19-13+,23-15+,26-18-;/t;6-/m.0/s1. The van der Waals surface area contributed by atoms with Crippen LogP contribution in [0.5, 0.6) is 0 Å². The lowest BCUT2D eigenvalue weighted by Crippen LogP contribution is -2.12. The fourth-order valence-electron chi connectivity index (χ4n) is 3.48. The highest BCUT2D eigenvalue weighted by atomic mass is 35.5. The molecule has 3 atom stereocenters. The van der Waals surface area contributed by atoms with Gasteiger partial charge in [-0.2, -0.15) is 0 Å². The fourth-order valence-corrected chi connectivity index (χ4v) is 3.66. The molecule has 1 rings (SSSR count). The van der Waals surface area contributed by atoms with Crippen molar-refractivity contribution in [2.45, 2.75) is 78.7 Å². The summed E-state index contributed by atoms with van der Waals surface area (Å²) in [5.41, 5.74) is 1.04. The molecule has 0 aliphatic heterocycles. The van der Waals surface area contributed by atoms with Crippen LogP contribution < -0.4 is 0 Å². The first-order valence-electron chi connectivity index (χ1n) is 14.1. The summed E-state index contributed by atoms with van der Waals surface area (Å²) in [6.45, 7) is 8.34. The minimum atomic E-state index is -0.689. The lowest BCUT2D eigenvalue weighted by atomic mass is 9.96. The lowest BCUT2D eigenvalue weighted by molar-refractivity contribution is -0.140. The summed E-state index contributed by atoms with van der Waals surface area (Å²) in [6, 6.07) is 0. The summed E-state index contributed by atoms with van der Waals surface area (Å²) < 4.78 is 4.52. The molecule has 0 heterocycles. The molecule has 2 unspecified atom stereocenters. The smallest absolute Gasteiger partial charge is 0.330 e. The van der Waals surface area contributed by atoms with Crippen molar-refractivity contribution < 1.29 is 24.5 Å². The van der Waals surface area contributed by atoms with Gasteiger partial charge in [-0.1, -0.05) is 111 Å². The molecule has 0 fully saturated rings. The number of carboxylic acid groups (broad SMARTS) is 1. The van der Waals surface area contributed by atoms with Crippen LogP contribution in [0.3, 0.4) is 0 Å². The number of ether oxygens (including phenoxy) is 1. The number of carbonyl (C=O) groups is 2. The summed E-state index contributed by atoms with van der Waals surface area (Å²) in [4.78, 5) is 21.3. The first-order chi connectivity index (χ1) is 19.1. The zero-order valence-electron chi connectivity index (χ0n) is 24.8. The predicted molar refractivity (Wildman–Crippen MR) is 168 cm³/mol. The van der Waals surface area contributed by atoms with Crippen LogP contribution in [0, 0.1) is 17.8 Å². The zero-order valence-corrected chi connectivity index (χ0v) is 25.6. The third kappa shape index (κ3) is 22.0. The lowest BCUT2D eigenvalue weighted by Gasteiger charge is -2.13. The Labute approximate surface area is 247 Å². The Morgan fingerprint density at radius 3 is 2.30 bits per heavy atom. The van der Waals surface area contributed by atoms with Crippen LogP contribution in [0.15, 0.2) is 95.7 Å². The van der Waals surface area contributed by atoms with Gasteiger partial charge in [-0.05, 0) is 69.8 Å². The second-order valence-electron chi connectivity index (χ2n) is 10.2. The molecular weight excluding hydrogens is 524 g/mol. The average Bonchev–Trinajstić information content (AvgIpc) is 2.94. The molecule has 6 heteroatoms. The molecule has 0 aromatic heterocycles. The SMILES string of the molecule is COC(=O)/C=C/C=C/C(C)=C/C=C/C=C(\Cl)C(C)CCC(O)CC/C=C/C=C/C(C)C.O=C(O)[C@H]1C=CCCC1. The van der Waals surface area contributed by atoms with Crippen LogP contribution in [0.2, 0.25) is 0 Å². The van der Waals surface area contributed by atoms with Gasteiger partial charge in [-0.3, -0.25) is 4.79 Å². The quantitative estimate of drug-likeness (QED) is 0.0887. The van der Waals surface area contributed by atoms with Crippen LogP contribution in [-0.2, 0) is 14.3 Å². The highest BCUT2D eigenvalue weighted by molar-refractivity contribution is 6.29. The van der Waals surface area contributed by atoms with E-state index in [0.717, 1.165) is 55.6 Å². The van der Waals surface area contributed by atoms with Crippen molar-refractivity contribution in [1.29, 1.82) is 0 Å². The highest BCUT2D eigenvalue weighted by Gasteiger charge is 2.14. The van der Waals surface area contributed by atoms with E-state index in [4.69, 9.17) is 16.7 Å². The Morgan fingerprint density at radius 2 is 1.70 bits per heavy atom. The van der Waals surface area contributed by atoms with Crippen molar-refractivity contribution in [3.63, 3.8) is 0 Å². The Hall–Kier alpha value is -2.89. The van der Waals surface area contributed by atoms with E-state index >= 15 is 0 Å². The van der Waals surface area contributed by atoms with E-state index in [0.29, 0.717) is 5.92 Å². The number of rotatable bonds is 15. The largest absolute Gasteiger partial charge is 0.481 e. The minimum absolute atomic E-state index is 0.207. The van der Waals surface area contributed by atoms with Gasteiger partial charge in [-0.15, -0.1) is 0 Å². The van der Waals surface area contributed by atoms with Gasteiger partial charge in [0.2, 0.25) is 0 Å². The van der Waals surface area contributed by atoms with Crippen LogP contribution >= 0.6 is 11.6 Å².